The number of nitrogens with zero attached hydrogens (tertiary/aromatic N) is 1. The number of hydrogen-bond donors (Lipinski definition) is 0. The Hall–Kier alpha value is -1.26. The Bertz CT molecular complexity index is 475. The van der Waals surface area contributed by atoms with Crippen LogP contribution >= 0.6 is 23.2 Å². The third-order valence-corrected chi connectivity index (χ3v) is 3.22. The molecule has 6 heteroatoms. The number of carbonyl (C=O) groups excluding carboxylic acids is 1. The summed E-state index contributed by atoms with van der Waals surface area (Å²) in [6.45, 7) is 0. The van der Waals surface area contributed by atoms with E-state index in [0.29, 0.717) is 35.0 Å². The van der Waals surface area contributed by atoms with Gasteiger partial charge in [0.1, 0.15) is 7.11 Å². The molecule has 0 spiro atoms. The number of methoxy groups -OCH3 is 1. The normalized spacial score (nSPS) is 11.3. The Balaban J connectivity index is 2.74. The van der Waals surface area contributed by atoms with Gasteiger partial charge in [0, 0.05) is 12.0 Å². The molecule has 1 rings (SSSR count). The zero-order valence-corrected chi connectivity index (χ0v) is 12.3. The summed E-state index contributed by atoms with van der Waals surface area (Å²) in [4.78, 5) is 15.9. The largest absolute Gasteiger partial charge is 0.469 e. The summed E-state index contributed by atoms with van der Waals surface area (Å²) in [6, 6.07) is 5.23. The number of esters is 1. The molecule has 0 aliphatic carbocycles. The van der Waals surface area contributed by atoms with Gasteiger partial charge in [-0.25, -0.2) is 0 Å². The van der Waals surface area contributed by atoms with Crippen molar-refractivity contribution in [2.75, 3.05) is 14.2 Å². The van der Waals surface area contributed by atoms with Crippen LogP contribution in [0.4, 0.5) is 0 Å². The van der Waals surface area contributed by atoms with E-state index < -0.39 is 0 Å². The first-order valence-electron chi connectivity index (χ1n) is 5.70. The molecule has 0 saturated heterocycles. The van der Waals surface area contributed by atoms with Crippen LogP contribution in [0.2, 0.25) is 10.0 Å². The van der Waals surface area contributed by atoms with Crippen LogP contribution in [0, 0.1) is 0 Å². The number of oxime groups is 1. The molecule has 0 bridgehead atoms. The van der Waals surface area contributed by atoms with Crippen molar-refractivity contribution in [1.82, 2.24) is 0 Å². The number of rotatable bonds is 6. The summed E-state index contributed by atoms with van der Waals surface area (Å²) in [6.07, 6.45) is 1.54. The highest BCUT2D eigenvalue weighted by molar-refractivity contribution is 6.42. The molecule has 0 aliphatic rings. The third-order valence-electron chi connectivity index (χ3n) is 2.48. The molecule has 0 heterocycles. The van der Waals surface area contributed by atoms with Crippen LogP contribution in [0.25, 0.3) is 0 Å². The van der Waals surface area contributed by atoms with E-state index in [1.165, 1.54) is 14.2 Å². The summed E-state index contributed by atoms with van der Waals surface area (Å²) in [5, 5.41) is 4.89. The van der Waals surface area contributed by atoms with E-state index in [2.05, 4.69) is 9.89 Å². The average Bonchev–Trinajstić information content (AvgIpc) is 2.40. The average molecular weight is 304 g/mol. The summed E-state index contributed by atoms with van der Waals surface area (Å²) in [5.41, 5.74) is 1.53. The zero-order chi connectivity index (χ0) is 14.3. The van der Waals surface area contributed by atoms with Crippen molar-refractivity contribution in [3.8, 4) is 0 Å². The minimum absolute atomic E-state index is 0.245. The minimum Gasteiger partial charge on any atom is -0.469 e. The van der Waals surface area contributed by atoms with Crippen LogP contribution in [0.5, 0.6) is 0 Å². The fourth-order valence-electron chi connectivity index (χ4n) is 1.53. The lowest BCUT2D eigenvalue weighted by Crippen LogP contribution is -2.05. The lowest BCUT2D eigenvalue weighted by molar-refractivity contribution is -0.140. The van der Waals surface area contributed by atoms with Crippen LogP contribution in [0.3, 0.4) is 0 Å². The fourth-order valence-corrected chi connectivity index (χ4v) is 1.83. The summed E-state index contributed by atoms with van der Waals surface area (Å²) in [5.74, 6) is -0.245. The monoisotopic (exact) mass is 303 g/mol. The molecular weight excluding hydrogens is 289 g/mol. The molecular formula is C13H15Cl2NO3. The van der Waals surface area contributed by atoms with Crippen LogP contribution in [-0.2, 0) is 14.4 Å². The van der Waals surface area contributed by atoms with Gasteiger partial charge >= 0.3 is 5.97 Å². The van der Waals surface area contributed by atoms with Crippen molar-refractivity contribution in [2.45, 2.75) is 19.3 Å². The van der Waals surface area contributed by atoms with Crippen LogP contribution in [0.15, 0.2) is 23.4 Å². The van der Waals surface area contributed by atoms with Crippen LogP contribution in [0.1, 0.15) is 24.8 Å². The Morgan fingerprint density at radius 1 is 1.21 bits per heavy atom. The molecule has 1 aromatic carbocycles. The second-order valence-corrected chi connectivity index (χ2v) is 4.59. The van der Waals surface area contributed by atoms with Gasteiger partial charge in [-0.3, -0.25) is 4.79 Å². The maximum absolute atomic E-state index is 11.1. The summed E-state index contributed by atoms with van der Waals surface area (Å²) in [7, 11) is 2.84. The van der Waals surface area contributed by atoms with Gasteiger partial charge < -0.3 is 9.57 Å². The first-order chi connectivity index (χ1) is 9.08. The van der Waals surface area contributed by atoms with Gasteiger partial charge in [-0.15, -0.1) is 0 Å². The number of halogens is 2. The lowest BCUT2D eigenvalue weighted by Gasteiger charge is -2.07. The predicted molar refractivity (Wildman–Crippen MR) is 75.9 cm³/mol. The molecule has 4 nitrogen and oxygen atoms in total. The number of hydrogen-bond acceptors (Lipinski definition) is 4. The molecule has 0 saturated carbocycles. The van der Waals surface area contributed by atoms with Crippen molar-refractivity contribution in [1.29, 1.82) is 0 Å². The fraction of sp³-hybridized carbons (Fsp3) is 0.385. The summed E-state index contributed by atoms with van der Waals surface area (Å²) < 4.78 is 4.58. The van der Waals surface area contributed by atoms with E-state index in [1.54, 1.807) is 12.1 Å². The van der Waals surface area contributed by atoms with E-state index in [-0.39, 0.29) is 5.97 Å². The molecule has 19 heavy (non-hydrogen) atoms. The van der Waals surface area contributed by atoms with E-state index in [4.69, 9.17) is 28.0 Å². The van der Waals surface area contributed by atoms with Crippen molar-refractivity contribution < 1.29 is 14.4 Å². The quantitative estimate of drug-likeness (QED) is 0.457. The standard InChI is InChI=1S/C13H15Cl2NO3/c1-18-13(17)5-3-4-12(16-19-2)9-6-7-10(14)11(15)8-9/h6-8H,3-5H2,1-2H3/b16-12-. The first kappa shape index (κ1) is 15.8. The SMILES string of the molecule is CO/N=C(/CCCC(=O)OC)c1ccc(Cl)c(Cl)c1. The molecule has 104 valence electrons. The number of benzene rings is 1. The van der Waals surface area contributed by atoms with E-state index in [1.807, 2.05) is 6.07 Å². The minimum atomic E-state index is -0.245. The van der Waals surface area contributed by atoms with Crippen molar-refractivity contribution >= 4 is 34.9 Å². The van der Waals surface area contributed by atoms with E-state index in [0.717, 1.165) is 5.56 Å². The maximum Gasteiger partial charge on any atom is 0.305 e. The highest BCUT2D eigenvalue weighted by atomic mass is 35.5. The van der Waals surface area contributed by atoms with Crippen LogP contribution in [-0.4, -0.2) is 25.9 Å². The lowest BCUT2D eigenvalue weighted by atomic mass is 10.0. The highest BCUT2D eigenvalue weighted by Gasteiger charge is 2.09. The van der Waals surface area contributed by atoms with Crippen molar-refractivity contribution in [2.24, 2.45) is 5.16 Å². The third kappa shape index (κ3) is 5.09. The van der Waals surface area contributed by atoms with Crippen molar-refractivity contribution in [3.63, 3.8) is 0 Å². The van der Waals surface area contributed by atoms with Gasteiger partial charge in [0.2, 0.25) is 0 Å². The molecule has 0 N–H and O–H groups in total. The number of ether oxygens (including phenoxy) is 1. The second kappa shape index (κ2) is 8.02. The van der Waals surface area contributed by atoms with Gasteiger partial charge in [-0.2, -0.15) is 0 Å². The van der Waals surface area contributed by atoms with Crippen molar-refractivity contribution in [3.05, 3.63) is 33.8 Å². The van der Waals surface area contributed by atoms with E-state index in [9.17, 15) is 4.79 Å². The van der Waals surface area contributed by atoms with Crippen LogP contribution < -0.4 is 0 Å². The smallest absolute Gasteiger partial charge is 0.305 e. The molecule has 1 aromatic rings. The Morgan fingerprint density at radius 2 is 1.95 bits per heavy atom. The van der Waals surface area contributed by atoms with Gasteiger partial charge in [0.05, 0.1) is 22.9 Å². The van der Waals surface area contributed by atoms with Gasteiger partial charge in [0.25, 0.3) is 0 Å². The maximum atomic E-state index is 11.1. The molecule has 0 radical (unpaired) electrons. The molecule has 0 aromatic heterocycles. The molecule has 0 aliphatic heterocycles. The Labute approximate surface area is 122 Å². The number of carbonyl (C=O) groups is 1. The van der Waals surface area contributed by atoms with Gasteiger partial charge in [-0.05, 0) is 25.0 Å². The summed E-state index contributed by atoms with van der Waals surface area (Å²) >= 11 is 11.8. The first-order valence-corrected chi connectivity index (χ1v) is 6.46. The predicted octanol–water partition coefficient (Wildman–Crippen LogP) is 3.69. The Kier molecular flexibility index (Phi) is 6.67. The second-order valence-electron chi connectivity index (χ2n) is 3.78. The molecule has 0 fully saturated rings. The van der Waals surface area contributed by atoms with E-state index >= 15 is 0 Å². The van der Waals surface area contributed by atoms with Gasteiger partial charge in [0.15, 0.2) is 0 Å². The Morgan fingerprint density at radius 3 is 2.53 bits per heavy atom. The zero-order valence-electron chi connectivity index (χ0n) is 10.8. The van der Waals surface area contributed by atoms with Gasteiger partial charge in [-0.1, -0.05) is 34.4 Å². The molecule has 0 unspecified atom stereocenters. The molecule has 0 atom stereocenters. The highest BCUT2D eigenvalue weighted by Crippen LogP contribution is 2.23. The topological polar surface area (TPSA) is 47.9 Å². The molecule has 0 amide bonds.